The Labute approximate surface area is 150 Å². The zero-order chi connectivity index (χ0) is 18.7. The molecule has 1 fully saturated rings. The van der Waals surface area contributed by atoms with E-state index in [1.165, 1.54) is 6.26 Å². The van der Waals surface area contributed by atoms with Gasteiger partial charge in [0.25, 0.3) is 5.91 Å². The molecule has 136 valence electrons. The Morgan fingerprint density at radius 2 is 2.00 bits per heavy atom. The van der Waals surface area contributed by atoms with Crippen LogP contribution in [0.3, 0.4) is 0 Å². The summed E-state index contributed by atoms with van der Waals surface area (Å²) in [6.07, 6.45) is 1.50. The Bertz CT molecular complexity index is 816. The molecule has 2 aromatic rings. The highest BCUT2D eigenvalue weighted by Gasteiger charge is 2.49. The van der Waals surface area contributed by atoms with Gasteiger partial charge in [0.05, 0.1) is 19.9 Å². The summed E-state index contributed by atoms with van der Waals surface area (Å²) in [5.74, 6) is 0.284. The van der Waals surface area contributed by atoms with Crippen molar-refractivity contribution in [1.82, 2.24) is 15.5 Å². The Balaban J connectivity index is 1.68. The first-order valence-electron chi connectivity index (χ1n) is 8.02. The van der Waals surface area contributed by atoms with Crippen LogP contribution >= 0.6 is 0 Å². The molecule has 1 aliphatic rings. The predicted molar refractivity (Wildman–Crippen MR) is 91.1 cm³/mol. The summed E-state index contributed by atoms with van der Waals surface area (Å²) in [6, 6.07) is 9.64. The minimum atomic E-state index is -1.23. The zero-order valence-electron chi connectivity index (χ0n) is 14.4. The lowest BCUT2D eigenvalue weighted by Crippen LogP contribution is -2.43. The summed E-state index contributed by atoms with van der Waals surface area (Å²) in [5, 5.41) is 5.27. The minimum Gasteiger partial charge on any atom is -0.497 e. The number of hydrogen-bond donors (Lipinski definition) is 2. The molecule has 0 unspecified atom stereocenters. The topological polar surface area (TPSA) is 101 Å². The van der Waals surface area contributed by atoms with Crippen molar-refractivity contribution in [3.8, 4) is 5.75 Å². The summed E-state index contributed by atoms with van der Waals surface area (Å²) in [4.78, 5) is 38.0. The molecular formula is C18H19N3O5. The highest BCUT2D eigenvalue weighted by Crippen LogP contribution is 2.29. The van der Waals surface area contributed by atoms with Gasteiger partial charge in [0.1, 0.15) is 23.6 Å². The maximum absolute atomic E-state index is 12.8. The van der Waals surface area contributed by atoms with Gasteiger partial charge in [0.2, 0.25) is 5.91 Å². The molecule has 1 atom stereocenters. The van der Waals surface area contributed by atoms with Gasteiger partial charge in [-0.2, -0.15) is 0 Å². The van der Waals surface area contributed by atoms with Gasteiger partial charge in [0, 0.05) is 0 Å². The van der Waals surface area contributed by atoms with Crippen LogP contribution in [-0.2, 0) is 21.7 Å². The molecule has 1 aromatic carbocycles. The van der Waals surface area contributed by atoms with Crippen LogP contribution in [0.1, 0.15) is 18.2 Å². The lowest BCUT2D eigenvalue weighted by atomic mass is 9.92. The van der Waals surface area contributed by atoms with E-state index in [2.05, 4.69) is 10.6 Å². The first kappa shape index (κ1) is 17.5. The van der Waals surface area contributed by atoms with Gasteiger partial charge in [-0.15, -0.1) is 0 Å². The summed E-state index contributed by atoms with van der Waals surface area (Å²) in [5.41, 5.74) is -0.625. The molecular weight excluding hydrogens is 338 g/mol. The maximum Gasteiger partial charge on any atom is 0.325 e. The molecule has 2 heterocycles. The Kier molecular flexibility index (Phi) is 4.66. The van der Waals surface area contributed by atoms with Crippen molar-refractivity contribution in [1.29, 1.82) is 0 Å². The van der Waals surface area contributed by atoms with Gasteiger partial charge >= 0.3 is 6.03 Å². The van der Waals surface area contributed by atoms with E-state index in [0.717, 1.165) is 4.90 Å². The molecule has 0 bridgehead atoms. The van der Waals surface area contributed by atoms with E-state index in [1.54, 1.807) is 50.4 Å². The van der Waals surface area contributed by atoms with Gasteiger partial charge in [-0.3, -0.25) is 14.5 Å². The molecule has 8 nitrogen and oxygen atoms in total. The minimum absolute atomic E-state index is 0.186. The van der Waals surface area contributed by atoms with Crippen molar-refractivity contribution in [2.24, 2.45) is 0 Å². The highest BCUT2D eigenvalue weighted by atomic mass is 16.5. The molecule has 26 heavy (non-hydrogen) atoms. The third kappa shape index (κ3) is 3.26. The SMILES string of the molecule is COc1ccc([C@@]2(C)NC(=O)N(CC(=O)NCc3ccco3)C2=O)cc1. The summed E-state index contributed by atoms with van der Waals surface area (Å²) in [6.45, 7) is 1.43. The van der Waals surface area contributed by atoms with Gasteiger partial charge in [-0.25, -0.2) is 4.79 Å². The van der Waals surface area contributed by atoms with Crippen LogP contribution in [0.4, 0.5) is 4.79 Å². The highest BCUT2D eigenvalue weighted by molar-refractivity contribution is 6.09. The molecule has 0 spiro atoms. The van der Waals surface area contributed by atoms with Crippen molar-refractivity contribution in [2.45, 2.75) is 19.0 Å². The van der Waals surface area contributed by atoms with Gasteiger partial charge in [-0.05, 0) is 36.8 Å². The number of ether oxygens (including phenoxy) is 1. The maximum atomic E-state index is 12.8. The normalized spacial score (nSPS) is 19.4. The molecule has 1 aromatic heterocycles. The number of hydrogen-bond acceptors (Lipinski definition) is 5. The summed E-state index contributed by atoms with van der Waals surface area (Å²) in [7, 11) is 1.54. The molecule has 0 radical (unpaired) electrons. The molecule has 3 rings (SSSR count). The second kappa shape index (κ2) is 6.91. The van der Waals surface area contributed by atoms with E-state index in [0.29, 0.717) is 17.1 Å². The summed E-state index contributed by atoms with van der Waals surface area (Å²) < 4.78 is 10.2. The van der Waals surface area contributed by atoms with Crippen molar-refractivity contribution >= 4 is 17.8 Å². The second-order valence-corrected chi connectivity index (χ2v) is 6.03. The Hall–Kier alpha value is -3.29. The molecule has 0 aliphatic carbocycles. The number of rotatable bonds is 6. The average Bonchev–Trinajstić information content (AvgIpc) is 3.23. The third-order valence-electron chi connectivity index (χ3n) is 4.28. The zero-order valence-corrected chi connectivity index (χ0v) is 14.4. The van der Waals surface area contributed by atoms with Crippen LogP contribution < -0.4 is 15.4 Å². The lowest BCUT2D eigenvalue weighted by molar-refractivity contribution is -0.134. The average molecular weight is 357 g/mol. The van der Waals surface area contributed by atoms with E-state index in [-0.39, 0.29) is 13.1 Å². The van der Waals surface area contributed by atoms with Crippen LogP contribution in [-0.4, -0.2) is 36.4 Å². The smallest absolute Gasteiger partial charge is 0.325 e. The number of methoxy groups -OCH3 is 1. The van der Waals surface area contributed by atoms with E-state index in [4.69, 9.17) is 9.15 Å². The fourth-order valence-electron chi connectivity index (χ4n) is 2.76. The fourth-order valence-corrected chi connectivity index (χ4v) is 2.76. The van der Waals surface area contributed by atoms with Crippen LogP contribution in [0.15, 0.2) is 47.1 Å². The van der Waals surface area contributed by atoms with E-state index < -0.39 is 23.4 Å². The number of nitrogens with zero attached hydrogens (tertiary/aromatic N) is 1. The molecule has 2 N–H and O–H groups in total. The number of furan rings is 1. The number of amides is 4. The lowest BCUT2D eigenvalue weighted by Gasteiger charge is -2.22. The predicted octanol–water partition coefficient (Wildman–Crippen LogP) is 1.37. The number of carbonyl (C=O) groups excluding carboxylic acids is 3. The largest absolute Gasteiger partial charge is 0.497 e. The van der Waals surface area contributed by atoms with Gasteiger partial charge < -0.3 is 19.8 Å². The van der Waals surface area contributed by atoms with Crippen molar-refractivity contribution < 1.29 is 23.5 Å². The number of urea groups is 1. The first-order valence-corrected chi connectivity index (χ1v) is 8.02. The quantitative estimate of drug-likeness (QED) is 0.761. The molecule has 1 saturated heterocycles. The van der Waals surface area contributed by atoms with Crippen LogP contribution in [0.2, 0.25) is 0 Å². The fraction of sp³-hybridized carbons (Fsp3) is 0.278. The third-order valence-corrected chi connectivity index (χ3v) is 4.28. The standard InChI is InChI=1S/C18H19N3O5/c1-18(12-5-7-13(25-2)8-6-12)16(23)21(17(24)20-18)11-15(22)19-10-14-4-3-9-26-14/h3-9H,10-11H2,1-2H3,(H,19,22)(H,20,24)/t18-/m1/s1. The van der Waals surface area contributed by atoms with Crippen LogP contribution in [0.5, 0.6) is 5.75 Å². The van der Waals surface area contributed by atoms with Crippen LogP contribution in [0, 0.1) is 0 Å². The second-order valence-electron chi connectivity index (χ2n) is 6.03. The number of carbonyl (C=O) groups is 3. The molecule has 8 heteroatoms. The summed E-state index contributed by atoms with van der Waals surface area (Å²) >= 11 is 0. The van der Waals surface area contributed by atoms with E-state index >= 15 is 0 Å². The van der Waals surface area contributed by atoms with Crippen molar-refractivity contribution in [3.63, 3.8) is 0 Å². The van der Waals surface area contributed by atoms with Crippen LogP contribution in [0.25, 0.3) is 0 Å². The van der Waals surface area contributed by atoms with E-state index in [9.17, 15) is 14.4 Å². The number of benzene rings is 1. The monoisotopic (exact) mass is 357 g/mol. The molecule has 1 aliphatic heterocycles. The number of imide groups is 1. The van der Waals surface area contributed by atoms with Gasteiger partial charge in [-0.1, -0.05) is 12.1 Å². The molecule has 4 amide bonds. The van der Waals surface area contributed by atoms with Crippen molar-refractivity contribution in [2.75, 3.05) is 13.7 Å². The number of nitrogens with one attached hydrogen (secondary N) is 2. The molecule has 0 saturated carbocycles. The first-order chi connectivity index (χ1) is 12.4. The van der Waals surface area contributed by atoms with Gasteiger partial charge in [0.15, 0.2) is 0 Å². The van der Waals surface area contributed by atoms with E-state index in [1.807, 2.05) is 0 Å². The Morgan fingerprint density at radius 3 is 2.62 bits per heavy atom. The Morgan fingerprint density at radius 1 is 1.27 bits per heavy atom. The van der Waals surface area contributed by atoms with Crippen molar-refractivity contribution in [3.05, 3.63) is 54.0 Å².